The van der Waals surface area contributed by atoms with Gasteiger partial charge in [0.1, 0.15) is 0 Å². The molecule has 0 aliphatic heterocycles. The first-order chi connectivity index (χ1) is 10.8. The molecule has 0 radical (unpaired) electrons. The van der Waals surface area contributed by atoms with Crippen LogP contribution in [-0.2, 0) is 4.79 Å². The fourth-order valence-electron chi connectivity index (χ4n) is 2.39. The number of aliphatic carboxylic acids is 1. The average molecular weight is 318 g/mol. The summed E-state index contributed by atoms with van der Waals surface area (Å²) in [6, 6.07) is 1.92. The highest BCUT2D eigenvalue weighted by Crippen LogP contribution is 2.23. The number of carbonyl (C=O) groups is 2. The number of pyridine rings is 1. The number of carboxylic acid groups (broad SMARTS) is 1. The van der Waals surface area contributed by atoms with Crippen molar-refractivity contribution in [3.05, 3.63) is 23.5 Å². The monoisotopic (exact) mass is 318 g/mol. The Morgan fingerprint density at radius 3 is 2.74 bits per heavy atom. The van der Waals surface area contributed by atoms with E-state index in [1.807, 2.05) is 11.6 Å². The normalized spacial score (nSPS) is 12.3. The van der Waals surface area contributed by atoms with Gasteiger partial charge in [0.25, 0.3) is 5.91 Å². The van der Waals surface area contributed by atoms with Crippen molar-refractivity contribution in [2.75, 3.05) is 13.6 Å². The van der Waals surface area contributed by atoms with Crippen LogP contribution >= 0.6 is 0 Å². The number of carbonyl (C=O) groups excluding carboxylic acids is 1. The number of carboxylic acids is 1. The summed E-state index contributed by atoms with van der Waals surface area (Å²) in [5.74, 6) is -1.14. The minimum absolute atomic E-state index is 0.0818. The Balaban J connectivity index is 2.42. The molecule has 0 aromatic carbocycles. The summed E-state index contributed by atoms with van der Waals surface area (Å²) in [7, 11) is 1.60. The first-order valence-electron chi connectivity index (χ1n) is 7.67. The van der Waals surface area contributed by atoms with Crippen molar-refractivity contribution in [3.8, 4) is 0 Å². The Labute approximate surface area is 134 Å². The molecule has 2 aromatic rings. The van der Waals surface area contributed by atoms with E-state index in [4.69, 9.17) is 5.11 Å². The third-order valence-corrected chi connectivity index (χ3v) is 3.94. The van der Waals surface area contributed by atoms with Gasteiger partial charge >= 0.3 is 5.97 Å². The molecule has 1 amide bonds. The first-order valence-corrected chi connectivity index (χ1v) is 7.67. The number of aryl methyl sites for hydroxylation is 1. The van der Waals surface area contributed by atoms with Crippen molar-refractivity contribution >= 4 is 22.9 Å². The smallest absolute Gasteiger partial charge is 0.305 e. The topological polar surface area (TPSA) is 88.3 Å². The van der Waals surface area contributed by atoms with Crippen molar-refractivity contribution in [1.82, 2.24) is 19.7 Å². The molecular weight excluding hydrogens is 296 g/mol. The molecule has 2 rings (SSSR count). The highest BCUT2D eigenvalue weighted by atomic mass is 16.4. The standard InChI is InChI=1S/C16H22N4O3/c1-5-11(3)20-15-13(9-17-20)12(8-10(2)18-15)16(23)19(4)7-6-14(21)22/h8-9,11H,5-7H2,1-4H3,(H,21,22). The zero-order chi connectivity index (χ0) is 17.1. The molecule has 0 aliphatic carbocycles. The lowest BCUT2D eigenvalue weighted by Gasteiger charge is -2.17. The van der Waals surface area contributed by atoms with Crippen LogP contribution < -0.4 is 0 Å². The van der Waals surface area contributed by atoms with Gasteiger partial charge in [0.15, 0.2) is 5.65 Å². The number of nitrogens with zero attached hydrogens (tertiary/aromatic N) is 4. The molecule has 0 saturated heterocycles. The molecule has 0 saturated carbocycles. The van der Waals surface area contributed by atoms with Crippen molar-refractivity contribution in [3.63, 3.8) is 0 Å². The van der Waals surface area contributed by atoms with E-state index in [-0.39, 0.29) is 24.9 Å². The van der Waals surface area contributed by atoms with Crippen molar-refractivity contribution in [2.45, 2.75) is 39.7 Å². The minimum atomic E-state index is -0.926. The number of rotatable bonds is 6. The maximum atomic E-state index is 12.6. The van der Waals surface area contributed by atoms with E-state index in [1.165, 1.54) is 4.90 Å². The lowest BCUT2D eigenvalue weighted by atomic mass is 10.1. The maximum Gasteiger partial charge on any atom is 0.305 e. The van der Waals surface area contributed by atoms with Crippen LogP contribution in [0.25, 0.3) is 11.0 Å². The summed E-state index contributed by atoms with van der Waals surface area (Å²) < 4.78 is 1.83. The molecule has 1 N–H and O–H groups in total. The van der Waals surface area contributed by atoms with E-state index in [1.54, 1.807) is 19.3 Å². The quantitative estimate of drug-likeness (QED) is 0.882. The van der Waals surface area contributed by atoms with Gasteiger partial charge < -0.3 is 10.0 Å². The molecule has 23 heavy (non-hydrogen) atoms. The van der Waals surface area contributed by atoms with E-state index in [2.05, 4.69) is 23.9 Å². The Kier molecular flexibility index (Phi) is 4.98. The third kappa shape index (κ3) is 3.49. The van der Waals surface area contributed by atoms with Crippen molar-refractivity contribution in [2.24, 2.45) is 0 Å². The van der Waals surface area contributed by atoms with E-state index in [9.17, 15) is 9.59 Å². The van der Waals surface area contributed by atoms with Gasteiger partial charge in [-0.15, -0.1) is 0 Å². The second-order valence-corrected chi connectivity index (χ2v) is 5.77. The summed E-state index contributed by atoms with van der Waals surface area (Å²) >= 11 is 0. The molecule has 1 atom stereocenters. The van der Waals surface area contributed by atoms with Gasteiger partial charge in [0.2, 0.25) is 0 Å². The predicted molar refractivity (Wildman–Crippen MR) is 86.5 cm³/mol. The predicted octanol–water partition coefficient (Wildman–Crippen LogP) is 2.26. The van der Waals surface area contributed by atoms with Gasteiger partial charge in [-0.3, -0.25) is 9.59 Å². The Morgan fingerprint density at radius 2 is 2.13 bits per heavy atom. The highest BCUT2D eigenvalue weighted by Gasteiger charge is 2.20. The first kappa shape index (κ1) is 16.9. The molecule has 0 fully saturated rings. The molecule has 2 aromatic heterocycles. The number of hydrogen-bond donors (Lipinski definition) is 1. The SMILES string of the molecule is CCC(C)n1ncc2c(C(=O)N(C)CCC(=O)O)cc(C)nc21. The average Bonchev–Trinajstić information content (AvgIpc) is 2.93. The molecule has 124 valence electrons. The van der Waals surface area contributed by atoms with E-state index in [0.29, 0.717) is 16.6 Å². The van der Waals surface area contributed by atoms with Crippen LogP contribution in [0.2, 0.25) is 0 Å². The second kappa shape index (κ2) is 6.76. The van der Waals surface area contributed by atoms with E-state index >= 15 is 0 Å². The fraction of sp³-hybridized carbons (Fsp3) is 0.500. The number of fused-ring (bicyclic) bond motifs is 1. The van der Waals surface area contributed by atoms with Crippen molar-refractivity contribution in [1.29, 1.82) is 0 Å². The van der Waals surface area contributed by atoms with Gasteiger partial charge in [-0.25, -0.2) is 9.67 Å². The Morgan fingerprint density at radius 1 is 1.43 bits per heavy atom. The molecule has 7 nitrogen and oxygen atoms in total. The molecule has 1 unspecified atom stereocenters. The number of hydrogen-bond acceptors (Lipinski definition) is 4. The molecule has 0 bridgehead atoms. The molecule has 2 heterocycles. The van der Waals surface area contributed by atoms with Crippen LogP contribution in [0.15, 0.2) is 12.3 Å². The molecule has 0 spiro atoms. The van der Waals surface area contributed by atoms with Gasteiger partial charge in [0.05, 0.1) is 29.6 Å². The zero-order valence-corrected chi connectivity index (χ0v) is 13.9. The summed E-state index contributed by atoms with van der Waals surface area (Å²) in [4.78, 5) is 29.3. The van der Waals surface area contributed by atoms with Crippen LogP contribution in [0, 0.1) is 6.92 Å². The molecule has 7 heteroatoms. The lowest BCUT2D eigenvalue weighted by molar-refractivity contribution is -0.137. The van der Waals surface area contributed by atoms with E-state index in [0.717, 1.165) is 12.1 Å². The summed E-state index contributed by atoms with van der Waals surface area (Å²) in [6.45, 7) is 6.12. The minimum Gasteiger partial charge on any atom is -0.481 e. The number of amides is 1. The van der Waals surface area contributed by atoms with Crippen molar-refractivity contribution < 1.29 is 14.7 Å². The van der Waals surface area contributed by atoms with Crippen LogP contribution in [0.5, 0.6) is 0 Å². The largest absolute Gasteiger partial charge is 0.481 e. The van der Waals surface area contributed by atoms with Gasteiger partial charge in [0, 0.05) is 19.3 Å². The summed E-state index contributed by atoms with van der Waals surface area (Å²) in [5, 5.41) is 13.8. The second-order valence-electron chi connectivity index (χ2n) is 5.77. The van der Waals surface area contributed by atoms with Gasteiger partial charge in [-0.05, 0) is 26.3 Å². The van der Waals surface area contributed by atoms with Gasteiger partial charge in [-0.2, -0.15) is 5.10 Å². The van der Waals surface area contributed by atoms with Crippen LogP contribution in [0.1, 0.15) is 48.8 Å². The van der Waals surface area contributed by atoms with E-state index < -0.39 is 5.97 Å². The Bertz CT molecular complexity index is 738. The van der Waals surface area contributed by atoms with Crippen LogP contribution in [-0.4, -0.2) is 50.2 Å². The fourth-order valence-corrected chi connectivity index (χ4v) is 2.39. The number of aromatic nitrogens is 3. The highest BCUT2D eigenvalue weighted by molar-refractivity contribution is 6.05. The summed E-state index contributed by atoms with van der Waals surface area (Å²) in [5.41, 5.74) is 1.93. The lowest BCUT2D eigenvalue weighted by Crippen LogP contribution is -2.29. The molecular formula is C16H22N4O3. The van der Waals surface area contributed by atoms with Crippen LogP contribution in [0.3, 0.4) is 0 Å². The van der Waals surface area contributed by atoms with Crippen LogP contribution in [0.4, 0.5) is 0 Å². The van der Waals surface area contributed by atoms with Gasteiger partial charge in [-0.1, -0.05) is 6.92 Å². The third-order valence-electron chi connectivity index (χ3n) is 3.94. The molecule has 0 aliphatic rings. The Hall–Kier alpha value is -2.44. The maximum absolute atomic E-state index is 12.6. The summed E-state index contributed by atoms with van der Waals surface area (Å²) in [6.07, 6.45) is 2.49. The zero-order valence-electron chi connectivity index (χ0n) is 13.9.